The summed E-state index contributed by atoms with van der Waals surface area (Å²) in [4.78, 5) is 45.6. The second kappa shape index (κ2) is 12.2. The van der Waals surface area contributed by atoms with Gasteiger partial charge in [-0.15, -0.1) is 0 Å². The van der Waals surface area contributed by atoms with Gasteiger partial charge in [-0.2, -0.15) is 0 Å². The number of nitrogens with one attached hydrogen (secondary N) is 1. The number of para-hydroxylation sites is 1. The SMILES string of the molecule is CC[C@@H](C(=O)N1CCC2(CC1)C(=O)N(CC(=O)NCCCOC)CN2c1ccccc1)c1ccccc1. The highest BCUT2D eigenvalue weighted by atomic mass is 16.5. The van der Waals surface area contributed by atoms with Crippen LogP contribution in [0.4, 0.5) is 5.69 Å². The maximum absolute atomic E-state index is 13.8. The fourth-order valence-corrected chi connectivity index (χ4v) is 5.55. The largest absolute Gasteiger partial charge is 0.385 e. The molecule has 2 aliphatic heterocycles. The normalized spacial score (nSPS) is 17.8. The summed E-state index contributed by atoms with van der Waals surface area (Å²) in [5, 5.41) is 2.88. The van der Waals surface area contributed by atoms with Gasteiger partial charge in [-0.05, 0) is 43.4 Å². The second-order valence-electron chi connectivity index (χ2n) is 9.83. The van der Waals surface area contributed by atoms with Crippen molar-refractivity contribution in [2.75, 3.05) is 51.5 Å². The number of methoxy groups -OCH3 is 1. The molecule has 2 saturated heterocycles. The lowest BCUT2D eigenvalue weighted by Crippen LogP contribution is -2.58. The Morgan fingerprint density at radius 3 is 2.30 bits per heavy atom. The predicted octanol–water partition coefficient (Wildman–Crippen LogP) is 3.00. The fraction of sp³-hybridized carbons (Fsp3) is 0.483. The summed E-state index contributed by atoms with van der Waals surface area (Å²) in [7, 11) is 1.63. The van der Waals surface area contributed by atoms with Crippen LogP contribution >= 0.6 is 0 Å². The average Bonchev–Trinajstić information content (AvgIpc) is 3.19. The molecule has 0 aliphatic carbocycles. The van der Waals surface area contributed by atoms with E-state index >= 15 is 0 Å². The number of benzene rings is 2. The number of nitrogens with zero attached hydrogens (tertiary/aromatic N) is 3. The van der Waals surface area contributed by atoms with Crippen LogP contribution in [0.2, 0.25) is 0 Å². The van der Waals surface area contributed by atoms with E-state index in [1.54, 1.807) is 12.0 Å². The third-order valence-electron chi connectivity index (χ3n) is 7.57. The first-order valence-corrected chi connectivity index (χ1v) is 13.2. The van der Waals surface area contributed by atoms with Crippen LogP contribution in [0.1, 0.15) is 44.1 Å². The lowest BCUT2D eigenvalue weighted by Gasteiger charge is -2.44. The standard InChI is InChI=1S/C29H38N4O4/c1-3-25(23-11-6-4-7-12-23)27(35)31-18-15-29(16-19-31)28(36)32(21-26(34)30-17-10-20-37-2)22-33(29)24-13-8-5-9-14-24/h4-9,11-14,25H,3,10,15-22H2,1-2H3,(H,30,34)/t25-/m1/s1. The molecule has 0 radical (unpaired) electrons. The molecule has 1 atom stereocenters. The van der Waals surface area contributed by atoms with Crippen LogP contribution in [0.3, 0.4) is 0 Å². The zero-order valence-corrected chi connectivity index (χ0v) is 21.9. The lowest BCUT2D eigenvalue weighted by atomic mass is 9.84. The van der Waals surface area contributed by atoms with Gasteiger partial charge in [-0.25, -0.2) is 0 Å². The molecular weight excluding hydrogens is 468 g/mol. The molecule has 2 aliphatic rings. The van der Waals surface area contributed by atoms with Gasteiger partial charge in [0.05, 0.1) is 12.6 Å². The van der Waals surface area contributed by atoms with Gasteiger partial charge in [0.25, 0.3) is 5.91 Å². The van der Waals surface area contributed by atoms with Crippen molar-refractivity contribution in [2.24, 2.45) is 0 Å². The molecule has 1 spiro atoms. The predicted molar refractivity (Wildman–Crippen MR) is 143 cm³/mol. The molecule has 0 saturated carbocycles. The van der Waals surface area contributed by atoms with Gasteiger partial charge in [0.1, 0.15) is 12.1 Å². The summed E-state index contributed by atoms with van der Waals surface area (Å²) in [6.45, 7) is 4.51. The number of carbonyl (C=O) groups is 3. The Morgan fingerprint density at radius 2 is 1.68 bits per heavy atom. The highest BCUT2D eigenvalue weighted by molar-refractivity contribution is 5.96. The molecule has 0 unspecified atom stereocenters. The summed E-state index contributed by atoms with van der Waals surface area (Å²) >= 11 is 0. The van der Waals surface area contributed by atoms with Gasteiger partial charge in [0.2, 0.25) is 11.8 Å². The van der Waals surface area contributed by atoms with Crippen LogP contribution in [0, 0.1) is 0 Å². The molecule has 2 heterocycles. The van der Waals surface area contributed by atoms with Crippen molar-refractivity contribution in [2.45, 2.75) is 44.1 Å². The molecule has 2 aromatic carbocycles. The Labute approximate surface area is 219 Å². The van der Waals surface area contributed by atoms with Gasteiger partial charge < -0.3 is 24.8 Å². The Bertz CT molecular complexity index is 1050. The number of likely N-dealkylation sites (tertiary alicyclic amines) is 1. The van der Waals surface area contributed by atoms with E-state index < -0.39 is 5.54 Å². The maximum atomic E-state index is 13.8. The summed E-state index contributed by atoms with van der Waals surface area (Å²) in [6, 6.07) is 19.8. The molecule has 3 amide bonds. The van der Waals surface area contributed by atoms with Crippen molar-refractivity contribution in [3.05, 3.63) is 66.2 Å². The number of amides is 3. The van der Waals surface area contributed by atoms with E-state index in [2.05, 4.69) is 10.2 Å². The third kappa shape index (κ3) is 5.80. The first-order valence-electron chi connectivity index (χ1n) is 13.2. The Balaban J connectivity index is 1.48. The molecule has 0 aromatic heterocycles. The number of ether oxygens (including phenoxy) is 1. The van der Waals surface area contributed by atoms with E-state index in [-0.39, 0.29) is 30.2 Å². The smallest absolute Gasteiger partial charge is 0.250 e. The van der Waals surface area contributed by atoms with Crippen molar-refractivity contribution in [3.8, 4) is 0 Å². The monoisotopic (exact) mass is 506 g/mol. The Kier molecular flexibility index (Phi) is 8.82. The van der Waals surface area contributed by atoms with Crippen LogP contribution in [0.15, 0.2) is 60.7 Å². The van der Waals surface area contributed by atoms with Gasteiger partial charge in [0.15, 0.2) is 0 Å². The van der Waals surface area contributed by atoms with Crippen molar-refractivity contribution >= 4 is 23.4 Å². The quantitative estimate of drug-likeness (QED) is 0.501. The minimum absolute atomic E-state index is 0.0193. The number of piperidine rings is 1. The minimum atomic E-state index is -0.761. The van der Waals surface area contributed by atoms with Gasteiger partial charge in [-0.3, -0.25) is 14.4 Å². The molecule has 2 fully saturated rings. The average molecular weight is 507 g/mol. The fourth-order valence-electron chi connectivity index (χ4n) is 5.55. The van der Waals surface area contributed by atoms with E-state index in [4.69, 9.17) is 4.74 Å². The first-order chi connectivity index (χ1) is 18.0. The molecule has 2 aromatic rings. The van der Waals surface area contributed by atoms with E-state index in [1.807, 2.05) is 72.5 Å². The van der Waals surface area contributed by atoms with E-state index in [1.165, 1.54) is 0 Å². The Hall–Kier alpha value is -3.39. The van der Waals surface area contributed by atoms with Crippen LogP contribution in [0.5, 0.6) is 0 Å². The van der Waals surface area contributed by atoms with Gasteiger partial charge in [0, 0.05) is 39.0 Å². The summed E-state index contributed by atoms with van der Waals surface area (Å²) in [5.74, 6) is -0.271. The molecule has 198 valence electrons. The molecule has 8 nitrogen and oxygen atoms in total. The molecule has 1 N–H and O–H groups in total. The van der Waals surface area contributed by atoms with E-state index in [0.29, 0.717) is 45.8 Å². The Morgan fingerprint density at radius 1 is 1.03 bits per heavy atom. The third-order valence-corrected chi connectivity index (χ3v) is 7.57. The summed E-state index contributed by atoms with van der Waals surface area (Å²) in [6.07, 6.45) is 2.52. The van der Waals surface area contributed by atoms with Crippen LogP contribution in [0.25, 0.3) is 0 Å². The van der Waals surface area contributed by atoms with Crippen molar-refractivity contribution in [3.63, 3.8) is 0 Å². The molecule has 8 heteroatoms. The van der Waals surface area contributed by atoms with Crippen LogP contribution in [-0.4, -0.2) is 79.6 Å². The molecule has 37 heavy (non-hydrogen) atoms. The topological polar surface area (TPSA) is 82.2 Å². The highest BCUT2D eigenvalue weighted by Gasteiger charge is 2.54. The minimum Gasteiger partial charge on any atom is -0.385 e. The number of rotatable bonds is 10. The van der Waals surface area contributed by atoms with E-state index in [0.717, 1.165) is 24.1 Å². The van der Waals surface area contributed by atoms with E-state index in [9.17, 15) is 14.4 Å². The van der Waals surface area contributed by atoms with Gasteiger partial charge in [-0.1, -0.05) is 55.5 Å². The number of carbonyl (C=O) groups excluding carboxylic acids is 3. The number of anilines is 1. The second-order valence-corrected chi connectivity index (χ2v) is 9.83. The van der Waals surface area contributed by atoms with Crippen LogP contribution in [-0.2, 0) is 19.1 Å². The molecule has 4 rings (SSSR count). The highest BCUT2D eigenvalue weighted by Crippen LogP contribution is 2.40. The number of hydrogen-bond donors (Lipinski definition) is 1. The molecular formula is C29H38N4O4. The first kappa shape index (κ1) is 26.7. The van der Waals surface area contributed by atoms with Crippen LogP contribution < -0.4 is 10.2 Å². The zero-order valence-electron chi connectivity index (χ0n) is 21.9. The zero-order chi connectivity index (χ0) is 26.3. The van der Waals surface area contributed by atoms with Crippen molar-refractivity contribution < 1.29 is 19.1 Å². The molecule has 0 bridgehead atoms. The maximum Gasteiger partial charge on any atom is 0.250 e. The van der Waals surface area contributed by atoms with Crippen molar-refractivity contribution in [1.82, 2.24) is 15.1 Å². The number of hydrogen-bond acceptors (Lipinski definition) is 5. The lowest BCUT2D eigenvalue weighted by molar-refractivity contribution is -0.140. The van der Waals surface area contributed by atoms with Gasteiger partial charge >= 0.3 is 0 Å². The summed E-state index contributed by atoms with van der Waals surface area (Å²) in [5.41, 5.74) is 1.22. The van der Waals surface area contributed by atoms with Crippen molar-refractivity contribution in [1.29, 1.82) is 0 Å². The summed E-state index contributed by atoms with van der Waals surface area (Å²) < 4.78 is 5.03.